The zero-order valence-corrected chi connectivity index (χ0v) is 10.4. The van der Waals surface area contributed by atoms with Crippen LogP contribution in [-0.2, 0) is 5.41 Å². The minimum Gasteiger partial charge on any atom is -0.493 e. The van der Waals surface area contributed by atoms with E-state index in [2.05, 4.69) is 0 Å². The molecule has 1 aromatic rings. The van der Waals surface area contributed by atoms with E-state index in [9.17, 15) is 4.39 Å². The molecule has 1 aliphatic rings. The van der Waals surface area contributed by atoms with Gasteiger partial charge in [0.2, 0.25) is 0 Å². The van der Waals surface area contributed by atoms with Gasteiger partial charge < -0.3 is 15.2 Å². The Morgan fingerprint density at radius 2 is 1.94 bits per heavy atom. The standard InChI is InChI=1S/C13H18FNO2/c1-8(15)13(4-5-13)10-6-9(14)7-11(16-2)12(10)17-3/h6-8H,4-5,15H2,1-3H3. The maximum absolute atomic E-state index is 13.6. The van der Waals surface area contributed by atoms with Crippen molar-refractivity contribution in [2.24, 2.45) is 5.73 Å². The Morgan fingerprint density at radius 1 is 1.29 bits per heavy atom. The fourth-order valence-electron chi connectivity index (χ4n) is 2.41. The number of hydrogen-bond donors (Lipinski definition) is 1. The number of rotatable bonds is 4. The van der Waals surface area contributed by atoms with E-state index in [0.717, 1.165) is 18.4 Å². The average molecular weight is 239 g/mol. The molecular weight excluding hydrogens is 221 g/mol. The molecular formula is C13H18FNO2. The first-order chi connectivity index (χ1) is 8.05. The smallest absolute Gasteiger partial charge is 0.164 e. The molecule has 0 aliphatic heterocycles. The summed E-state index contributed by atoms with van der Waals surface area (Å²) in [5.41, 5.74) is 6.68. The lowest BCUT2D eigenvalue weighted by atomic mass is 9.88. The molecule has 0 spiro atoms. The van der Waals surface area contributed by atoms with Crippen molar-refractivity contribution < 1.29 is 13.9 Å². The first-order valence-electron chi connectivity index (χ1n) is 5.72. The van der Waals surface area contributed by atoms with Crippen LogP contribution in [0.2, 0.25) is 0 Å². The number of hydrogen-bond acceptors (Lipinski definition) is 3. The molecule has 1 atom stereocenters. The number of benzene rings is 1. The molecule has 1 saturated carbocycles. The zero-order chi connectivity index (χ0) is 12.6. The highest BCUT2D eigenvalue weighted by Gasteiger charge is 2.49. The Balaban J connectivity index is 2.56. The third kappa shape index (κ3) is 1.86. The SMILES string of the molecule is COc1cc(F)cc(C2(C(C)N)CC2)c1OC. The molecule has 17 heavy (non-hydrogen) atoms. The summed E-state index contributed by atoms with van der Waals surface area (Å²) in [5.74, 6) is 0.711. The van der Waals surface area contributed by atoms with Gasteiger partial charge in [0.1, 0.15) is 5.82 Å². The highest BCUT2D eigenvalue weighted by molar-refractivity contribution is 5.53. The van der Waals surface area contributed by atoms with Gasteiger partial charge in [-0.1, -0.05) is 0 Å². The van der Waals surface area contributed by atoms with Crippen molar-refractivity contribution in [1.29, 1.82) is 0 Å². The summed E-state index contributed by atoms with van der Waals surface area (Å²) >= 11 is 0. The second-order valence-electron chi connectivity index (χ2n) is 4.63. The van der Waals surface area contributed by atoms with E-state index in [1.807, 2.05) is 6.92 Å². The summed E-state index contributed by atoms with van der Waals surface area (Å²) in [4.78, 5) is 0. The van der Waals surface area contributed by atoms with Crippen molar-refractivity contribution in [2.75, 3.05) is 14.2 Å². The Morgan fingerprint density at radius 3 is 2.35 bits per heavy atom. The number of ether oxygens (including phenoxy) is 2. The van der Waals surface area contributed by atoms with Crippen molar-refractivity contribution in [3.63, 3.8) is 0 Å². The molecule has 2 N–H and O–H groups in total. The fourth-order valence-corrected chi connectivity index (χ4v) is 2.41. The molecule has 4 heteroatoms. The van der Waals surface area contributed by atoms with E-state index in [1.54, 1.807) is 7.11 Å². The summed E-state index contributed by atoms with van der Waals surface area (Å²) in [7, 11) is 3.07. The van der Waals surface area contributed by atoms with Crippen molar-refractivity contribution in [2.45, 2.75) is 31.2 Å². The summed E-state index contributed by atoms with van der Waals surface area (Å²) in [5, 5.41) is 0. The Labute approximate surface area is 101 Å². The van der Waals surface area contributed by atoms with Crippen molar-refractivity contribution >= 4 is 0 Å². The van der Waals surface area contributed by atoms with Crippen LogP contribution in [0.15, 0.2) is 12.1 Å². The van der Waals surface area contributed by atoms with Gasteiger partial charge in [0.25, 0.3) is 0 Å². The van der Waals surface area contributed by atoms with Crippen LogP contribution in [0.4, 0.5) is 4.39 Å². The third-order valence-corrected chi connectivity index (χ3v) is 3.64. The van der Waals surface area contributed by atoms with Gasteiger partial charge in [-0.3, -0.25) is 0 Å². The molecule has 0 radical (unpaired) electrons. The second kappa shape index (κ2) is 4.18. The van der Waals surface area contributed by atoms with Gasteiger partial charge in [0, 0.05) is 23.1 Å². The molecule has 0 saturated heterocycles. The molecule has 1 aromatic carbocycles. The average Bonchev–Trinajstić information content (AvgIpc) is 3.08. The Bertz CT molecular complexity index is 428. The Hall–Kier alpha value is -1.29. The Kier molecular flexibility index (Phi) is 3.00. The van der Waals surface area contributed by atoms with Crippen LogP contribution in [0.5, 0.6) is 11.5 Å². The molecule has 1 aliphatic carbocycles. The quantitative estimate of drug-likeness (QED) is 0.876. The summed E-state index contributed by atoms with van der Waals surface area (Å²) in [6.07, 6.45) is 1.93. The van der Waals surface area contributed by atoms with Gasteiger partial charge in [-0.05, 0) is 25.8 Å². The van der Waals surface area contributed by atoms with Crippen LogP contribution < -0.4 is 15.2 Å². The van der Waals surface area contributed by atoms with Gasteiger partial charge in [0.15, 0.2) is 11.5 Å². The van der Waals surface area contributed by atoms with E-state index in [-0.39, 0.29) is 17.3 Å². The minimum absolute atomic E-state index is 0.0251. The third-order valence-electron chi connectivity index (χ3n) is 3.64. The zero-order valence-electron chi connectivity index (χ0n) is 10.4. The molecule has 0 heterocycles. The van der Waals surface area contributed by atoms with Gasteiger partial charge in [0.05, 0.1) is 14.2 Å². The predicted molar refractivity (Wildman–Crippen MR) is 64.1 cm³/mol. The summed E-state index contributed by atoms with van der Waals surface area (Å²) in [6.45, 7) is 1.95. The largest absolute Gasteiger partial charge is 0.493 e. The molecule has 0 amide bonds. The van der Waals surface area contributed by atoms with Gasteiger partial charge in [-0.25, -0.2) is 4.39 Å². The van der Waals surface area contributed by atoms with E-state index in [0.29, 0.717) is 11.5 Å². The highest BCUT2D eigenvalue weighted by atomic mass is 19.1. The van der Waals surface area contributed by atoms with E-state index >= 15 is 0 Å². The van der Waals surface area contributed by atoms with Crippen LogP contribution >= 0.6 is 0 Å². The first-order valence-corrected chi connectivity index (χ1v) is 5.72. The second-order valence-corrected chi connectivity index (χ2v) is 4.63. The summed E-state index contributed by atoms with van der Waals surface area (Å²) < 4.78 is 24.1. The molecule has 0 bridgehead atoms. The molecule has 0 aromatic heterocycles. The van der Waals surface area contributed by atoms with Gasteiger partial charge >= 0.3 is 0 Å². The molecule has 1 fully saturated rings. The van der Waals surface area contributed by atoms with Gasteiger partial charge in [-0.2, -0.15) is 0 Å². The maximum atomic E-state index is 13.6. The maximum Gasteiger partial charge on any atom is 0.164 e. The lowest BCUT2D eigenvalue weighted by Crippen LogP contribution is -2.32. The molecule has 3 nitrogen and oxygen atoms in total. The number of methoxy groups -OCH3 is 2. The van der Waals surface area contributed by atoms with Gasteiger partial charge in [-0.15, -0.1) is 0 Å². The number of halogens is 1. The first kappa shape index (κ1) is 12.2. The summed E-state index contributed by atoms with van der Waals surface area (Å²) in [6, 6.07) is 2.82. The minimum atomic E-state index is -0.315. The van der Waals surface area contributed by atoms with E-state index in [1.165, 1.54) is 19.2 Å². The van der Waals surface area contributed by atoms with Crippen molar-refractivity contribution in [3.8, 4) is 11.5 Å². The lowest BCUT2D eigenvalue weighted by Gasteiger charge is -2.23. The highest BCUT2D eigenvalue weighted by Crippen LogP contribution is 2.55. The van der Waals surface area contributed by atoms with Crippen molar-refractivity contribution in [3.05, 3.63) is 23.5 Å². The van der Waals surface area contributed by atoms with Crippen LogP contribution in [-0.4, -0.2) is 20.3 Å². The van der Waals surface area contributed by atoms with Crippen LogP contribution in [0.1, 0.15) is 25.3 Å². The normalized spacial score (nSPS) is 18.6. The topological polar surface area (TPSA) is 44.5 Å². The predicted octanol–water partition coefficient (Wildman–Crippen LogP) is 2.22. The van der Waals surface area contributed by atoms with Crippen LogP contribution in [0.3, 0.4) is 0 Å². The number of nitrogens with two attached hydrogens (primary N) is 1. The lowest BCUT2D eigenvalue weighted by molar-refractivity contribution is 0.343. The monoisotopic (exact) mass is 239 g/mol. The molecule has 2 rings (SSSR count). The van der Waals surface area contributed by atoms with Crippen LogP contribution in [0, 0.1) is 5.82 Å². The molecule has 1 unspecified atom stereocenters. The van der Waals surface area contributed by atoms with Crippen molar-refractivity contribution in [1.82, 2.24) is 0 Å². The fraction of sp³-hybridized carbons (Fsp3) is 0.538. The van der Waals surface area contributed by atoms with E-state index in [4.69, 9.17) is 15.2 Å². The van der Waals surface area contributed by atoms with E-state index < -0.39 is 0 Å². The van der Waals surface area contributed by atoms with Crippen LogP contribution in [0.25, 0.3) is 0 Å². The molecule has 94 valence electrons.